The zero-order valence-corrected chi connectivity index (χ0v) is 8.41. The lowest BCUT2D eigenvalue weighted by molar-refractivity contribution is 1.34. The predicted molar refractivity (Wildman–Crippen MR) is 54.1 cm³/mol. The molecule has 0 aliphatic carbocycles. The molecule has 0 N–H and O–H groups in total. The first kappa shape index (κ1) is 8.49. The van der Waals surface area contributed by atoms with Crippen LogP contribution in [0.25, 0.3) is 10.1 Å². The number of aryl methyl sites for hydroxylation is 1. The van der Waals surface area contributed by atoms with Crippen LogP contribution in [-0.2, 0) is 0 Å². The molecule has 0 aromatic carbocycles. The molecule has 0 saturated heterocycles. The van der Waals surface area contributed by atoms with E-state index in [0.29, 0.717) is 10.7 Å². The molecule has 13 heavy (non-hydrogen) atoms. The van der Waals surface area contributed by atoms with Crippen molar-refractivity contribution in [2.75, 3.05) is 0 Å². The minimum absolute atomic E-state index is 0.471. The maximum Gasteiger partial charge on any atom is 0.137 e. The van der Waals surface area contributed by atoms with E-state index < -0.39 is 0 Å². The second kappa shape index (κ2) is 2.99. The highest BCUT2D eigenvalue weighted by Crippen LogP contribution is 2.31. The zero-order chi connectivity index (χ0) is 9.42. The zero-order valence-electron chi connectivity index (χ0n) is 6.84. The van der Waals surface area contributed by atoms with E-state index in [4.69, 9.17) is 16.9 Å². The number of fused-ring (bicyclic) bond motifs is 1. The fourth-order valence-corrected chi connectivity index (χ4v) is 2.42. The number of halogens is 1. The summed E-state index contributed by atoms with van der Waals surface area (Å²) in [5.74, 6) is 0. The van der Waals surface area contributed by atoms with E-state index in [0.717, 1.165) is 15.0 Å². The van der Waals surface area contributed by atoms with Gasteiger partial charge >= 0.3 is 0 Å². The molecule has 2 heterocycles. The Balaban J connectivity index is 2.94. The molecular formula is C9H5ClN2S. The fraction of sp³-hybridized carbons (Fsp3) is 0.111. The summed E-state index contributed by atoms with van der Waals surface area (Å²) in [5.41, 5.74) is 0.595. The average molecular weight is 209 g/mol. The molecule has 2 rings (SSSR count). The SMILES string of the molecule is Cc1cc2c(Cl)ncc(C#N)c2s1. The van der Waals surface area contributed by atoms with Crippen LogP contribution in [0.4, 0.5) is 0 Å². The van der Waals surface area contributed by atoms with Gasteiger partial charge in [-0.1, -0.05) is 11.6 Å². The van der Waals surface area contributed by atoms with Gasteiger partial charge in [0.2, 0.25) is 0 Å². The predicted octanol–water partition coefficient (Wildman–Crippen LogP) is 3.13. The maximum atomic E-state index is 8.81. The van der Waals surface area contributed by atoms with Crippen molar-refractivity contribution in [3.63, 3.8) is 0 Å². The van der Waals surface area contributed by atoms with E-state index in [1.807, 2.05) is 13.0 Å². The minimum Gasteiger partial charge on any atom is -0.242 e. The number of rotatable bonds is 0. The van der Waals surface area contributed by atoms with E-state index >= 15 is 0 Å². The van der Waals surface area contributed by atoms with E-state index in [1.54, 1.807) is 11.3 Å². The van der Waals surface area contributed by atoms with Crippen molar-refractivity contribution in [2.45, 2.75) is 6.92 Å². The van der Waals surface area contributed by atoms with Gasteiger partial charge in [-0.2, -0.15) is 5.26 Å². The maximum absolute atomic E-state index is 8.81. The molecule has 4 heteroatoms. The van der Waals surface area contributed by atoms with Gasteiger partial charge in [0, 0.05) is 16.5 Å². The van der Waals surface area contributed by atoms with Crippen LogP contribution in [0.15, 0.2) is 12.3 Å². The monoisotopic (exact) mass is 208 g/mol. The summed E-state index contributed by atoms with van der Waals surface area (Å²) in [6.45, 7) is 1.99. The van der Waals surface area contributed by atoms with Gasteiger partial charge in [0.05, 0.1) is 10.3 Å². The standard InChI is InChI=1S/C9H5ClN2S/c1-5-2-7-8(13-5)6(3-11)4-12-9(7)10/h2,4H,1H3. The second-order valence-electron chi connectivity index (χ2n) is 2.67. The average Bonchev–Trinajstić information content (AvgIpc) is 2.48. The van der Waals surface area contributed by atoms with Crippen molar-refractivity contribution in [1.29, 1.82) is 5.26 Å². The van der Waals surface area contributed by atoms with Crippen LogP contribution in [0.2, 0.25) is 5.15 Å². The Morgan fingerprint density at radius 2 is 2.38 bits per heavy atom. The van der Waals surface area contributed by atoms with Gasteiger partial charge in [-0.15, -0.1) is 11.3 Å². The number of nitrogens with zero attached hydrogens (tertiary/aromatic N) is 2. The van der Waals surface area contributed by atoms with E-state index in [-0.39, 0.29) is 0 Å². The highest BCUT2D eigenvalue weighted by atomic mass is 35.5. The van der Waals surface area contributed by atoms with Crippen molar-refractivity contribution in [3.05, 3.63) is 27.9 Å². The molecule has 0 bridgehead atoms. The molecular weight excluding hydrogens is 204 g/mol. The Bertz CT molecular complexity index is 510. The van der Waals surface area contributed by atoms with Crippen LogP contribution in [-0.4, -0.2) is 4.98 Å². The van der Waals surface area contributed by atoms with Gasteiger partial charge in [-0.25, -0.2) is 4.98 Å². The molecule has 0 atom stereocenters. The molecule has 0 aliphatic heterocycles. The number of nitriles is 1. The van der Waals surface area contributed by atoms with Crippen molar-refractivity contribution in [1.82, 2.24) is 4.98 Å². The van der Waals surface area contributed by atoms with Gasteiger partial charge in [0.15, 0.2) is 0 Å². The number of pyridine rings is 1. The Kier molecular flexibility index (Phi) is 1.95. The Hall–Kier alpha value is -1.11. The third-order valence-corrected chi connectivity index (χ3v) is 3.13. The number of hydrogen-bond acceptors (Lipinski definition) is 3. The first-order valence-electron chi connectivity index (χ1n) is 3.67. The van der Waals surface area contributed by atoms with Crippen LogP contribution in [0.3, 0.4) is 0 Å². The van der Waals surface area contributed by atoms with Gasteiger partial charge < -0.3 is 0 Å². The van der Waals surface area contributed by atoms with Crippen LogP contribution in [0, 0.1) is 18.3 Å². The quantitative estimate of drug-likeness (QED) is 0.624. The van der Waals surface area contributed by atoms with Gasteiger partial charge in [0.1, 0.15) is 11.2 Å². The smallest absolute Gasteiger partial charge is 0.137 e. The molecule has 0 unspecified atom stereocenters. The second-order valence-corrected chi connectivity index (χ2v) is 4.29. The lowest BCUT2D eigenvalue weighted by atomic mass is 10.2. The van der Waals surface area contributed by atoms with Gasteiger partial charge in [-0.05, 0) is 13.0 Å². The third kappa shape index (κ3) is 1.28. The molecule has 2 aromatic heterocycles. The van der Waals surface area contributed by atoms with Crippen molar-refractivity contribution >= 4 is 33.0 Å². The first-order chi connectivity index (χ1) is 6.22. The van der Waals surface area contributed by atoms with Crippen LogP contribution in [0.1, 0.15) is 10.4 Å². The summed E-state index contributed by atoms with van der Waals surface area (Å²) in [6, 6.07) is 4.05. The molecule has 0 aliphatic rings. The summed E-state index contributed by atoms with van der Waals surface area (Å²) >= 11 is 7.46. The third-order valence-electron chi connectivity index (χ3n) is 1.75. The first-order valence-corrected chi connectivity index (χ1v) is 4.86. The van der Waals surface area contributed by atoms with Gasteiger partial charge in [0.25, 0.3) is 0 Å². The normalized spacial score (nSPS) is 10.2. The van der Waals surface area contributed by atoms with Gasteiger partial charge in [-0.3, -0.25) is 0 Å². The van der Waals surface area contributed by atoms with E-state index in [2.05, 4.69) is 11.1 Å². The molecule has 2 nitrogen and oxygen atoms in total. The molecule has 0 fully saturated rings. The highest BCUT2D eigenvalue weighted by molar-refractivity contribution is 7.19. The van der Waals surface area contributed by atoms with E-state index in [9.17, 15) is 0 Å². The molecule has 0 saturated carbocycles. The topological polar surface area (TPSA) is 36.7 Å². The lowest BCUT2D eigenvalue weighted by Gasteiger charge is -1.93. The van der Waals surface area contributed by atoms with Crippen LogP contribution in [0.5, 0.6) is 0 Å². The van der Waals surface area contributed by atoms with Crippen LogP contribution >= 0.6 is 22.9 Å². The Morgan fingerprint density at radius 1 is 1.62 bits per heavy atom. The molecule has 0 spiro atoms. The van der Waals surface area contributed by atoms with Crippen molar-refractivity contribution in [3.8, 4) is 6.07 Å². The molecule has 0 radical (unpaired) electrons. The lowest BCUT2D eigenvalue weighted by Crippen LogP contribution is -1.79. The summed E-state index contributed by atoms with van der Waals surface area (Å²) in [6.07, 6.45) is 1.51. The highest BCUT2D eigenvalue weighted by Gasteiger charge is 2.08. The van der Waals surface area contributed by atoms with Crippen molar-refractivity contribution < 1.29 is 0 Å². The summed E-state index contributed by atoms with van der Waals surface area (Å²) in [7, 11) is 0. The largest absolute Gasteiger partial charge is 0.242 e. The summed E-state index contributed by atoms with van der Waals surface area (Å²) in [4.78, 5) is 5.08. The molecule has 64 valence electrons. The van der Waals surface area contributed by atoms with E-state index in [1.165, 1.54) is 6.20 Å². The number of aromatic nitrogens is 1. The molecule has 0 amide bonds. The van der Waals surface area contributed by atoms with Crippen LogP contribution < -0.4 is 0 Å². The summed E-state index contributed by atoms with van der Waals surface area (Å²) < 4.78 is 0.931. The minimum atomic E-state index is 0.471. The Morgan fingerprint density at radius 3 is 3.08 bits per heavy atom. The number of hydrogen-bond donors (Lipinski definition) is 0. The number of thiophene rings is 1. The molecule has 2 aromatic rings. The summed E-state index contributed by atoms with van der Waals surface area (Å²) in [5, 5.41) is 10.2. The Labute approximate surface area is 84.4 Å². The van der Waals surface area contributed by atoms with Crippen molar-refractivity contribution in [2.24, 2.45) is 0 Å². The fourth-order valence-electron chi connectivity index (χ4n) is 1.20.